The zero-order chi connectivity index (χ0) is 13.5. The molecule has 0 bridgehead atoms. The predicted molar refractivity (Wildman–Crippen MR) is 70.1 cm³/mol. The van der Waals surface area contributed by atoms with Gasteiger partial charge in [-0.3, -0.25) is 0 Å². The summed E-state index contributed by atoms with van der Waals surface area (Å²) in [5.41, 5.74) is 0.695. The monoisotopic (exact) mass is 270 g/mol. The number of anilines is 1. The molecule has 1 aromatic carbocycles. The Kier molecular flexibility index (Phi) is 5.45. The van der Waals surface area contributed by atoms with Crippen LogP contribution in [0.15, 0.2) is 18.2 Å². The van der Waals surface area contributed by atoms with Gasteiger partial charge in [-0.1, -0.05) is 18.5 Å². The fraction of sp³-hybridized carbons (Fsp3) is 0.333. The molecule has 0 fully saturated rings. The molecule has 0 aliphatic heterocycles. The van der Waals surface area contributed by atoms with Crippen LogP contribution in [0.3, 0.4) is 0 Å². The van der Waals surface area contributed by atoms with E-state index in [2.05, 4.69) is 15.4 Å². The summed E-state index contributed by atoms with van der Waals surface area (Å²) >= 11 is 5.86. The number of carbonyl (C=O) groups is 2. The van der Waals surface area contributed by atoms with E-state index >= 15 is 0 Å². The Morgan fingerprint density at radius 2 is 2.11 bits per heavy atom. The first-order valence-electron chi connectivity index (χ1n) is 5.51. The minimum Gasteiger partial charge on any atom is -0.465 e. The van der Waals surface area contributed by atoms with E-state index in [1.807, 2.05) is 6.92 Å². The highest BCUT2D eigenvalue weighted by molar-refractivity contribution is 6.33. The number of esters is 1. The molecule has 18 heavy (non-hydrogen) atoms. The molecule has 1 aromatic rings. The number of carbonyl (C=O) groups excluding carboxylic acids is 2. The van der Waals surface area contributed by atoms with Crippen LogP contribution in [-0.2, 0) is 4.74 Å². The molecule has 0 atom stereocenters. The number of hydrogen-bond acceptors (Lipinski definition) is 3. The molecule has 98 valence electrons. The average Bonchev–Trinajstić information content (AvgIpc) is 2.37. The van der Waals surface area contributed by atoms with E-state index in [9.17, 15) is 9.59 Å². The molecule has 0 spiro atoms. The first kappa shape index (κ1) is 14.3. The maximum Gasteiger partial charge on any atom is 0.339 e. The van der Waals surface area contributed by atoms with Crippen molar-refractivity contribution in [2.75, 3.05) is 19.0 Å². The molecular weight excluding hydrogens is 256 g/mol. The molecule has 0 saturated heterocycles. The smallest absolute Gasteiger partial charge is 0.339 e. The molecule has 0 unspecified atom stereocenters. The summed E-state index contributed by atoms with van der Waals surface area (Å²) in [4.78, 5) is 22.8. The Balaban J connectivity index is 2.79. The fourth-order valence-electron chi connectivity index (χ4n) is 1.28. The van der Waals surface area contributed by atoms with Crippen LogP contribution < -0.4 is 10.6 Å². The molecule has 0 heterocycles. The van der Waals surface area contributed by atoms with Gasteiger partial charge in [-0.2, -0.15) is 0 Å². The SMILES string of the molecule is CCCNC(=O)Nc1ccc(Cl)c(C(=O)OC)c1. The molecule has 0 aromatic heterocycles. The standard InChI is InChI=1S/C12H15ClN2O3/c1-3-6-14-12(17)15-8-4-5-10(13)9(7-8)11(16)18-2/h4-5,7H,3,6H2,1-2H3,(H2,14,15,17). The van der Waals surface area contributed by atoms with E-state index in [1.165, 1.54) is 19.2 Å². The summed E-state index contributed by atoms with van der Waals surface area (Å²) in [6.45, 7) is 2.54. The van der Waals surface area contributed by atoms with Gasteiger partial charge < -0.3 is 15.4 Å². The summed E-state index contributed by atoms with van der Waals surface area (Å²) in [5, 5.41) is 5.54. The average molecular weight is 271 g/mol. The number of nitrogens with one attached hydrogen (secondary N) is 2. The van der Waals surface area contributed by atoms with Crippen molar-refractivity contribution in [3.8, 4) is 0 Å². The number of benzene rings is 1. The van der Waals surface area contributed by atoms with Gasteiger partial charge in [-0.05, 0) is 24.6 Å². The maximum atomic E-state index is 11.4. The van der Waals surface area contributed by atoms with Crippen LogP contribution in [0.2, 0.25) is 5.02 Å². The van der Waals surface area contributed by atoms with Crippen molar-refractivity contribution in [1.82, 2.24) is 5.32 Å². The van der Waals surface area contributed by atoms with Crippen molar-refractivity contribution in [3.63, 3.8) is 0 Å². The summed E-state index contributed by atoms with van der Waals surface area (Å²) in [5.74, 6) is -0.544. The second-order valence-electron chi connectivity index (χ2n) is 3.57. The molecule has 6 heteroatoms. The van der Waals surface area contributed by atoms with Gasteiger partial charge in [-0.15, -0.1) is 0 Å². The van der Waals surface area contributed by atoms with Gasteiger partial charge in [0.25, 0.3) is 0 Å². The van der Waals surface area contributed by atoms with Crippen molar-refractivity contribution in [1.29, 1.82) is 0 Å². The second-order valence-corrected chi connectivity index (χ2v) is 3.97. The topological polar surface area (TPSA) is 67.4 Å². The minimum absolute atomic E-state index is 0.215. The normalized spacial score (nSPS) is 9.72. The van der Waals surface area contributed by atoms with Crippen molar-refractivity contribution in [2.24, 2.45) is 0 Å². The van der Waals surface area contributed by atoms with Gasteiger partial charge in [0.15, 0.2) is 0 Å². The summed E-state index contributed by atoms with van der Waals surface area (Å²) in [6.07, 6.45) is 0.849. The van der Waals surface area contributed by atoms with Gasteiger partial charge in [-0.25, -0.2) is 9.59 Å². The molecule has 0 saturated carbocycles. The zero-order valence-electron chi connectivity index (χ0n) is 10.2. The third-order valence-corrected chi connectivity index (χ3v) is 2.49. The van der Waals surface area contributed by atoms with Crippen molar-refractivity contribution in [2.45, 2.75) is 13.3 Å². The van der Waals surface area contributed by atoms with Crippen LogP contribution in [-0.4, -0.2) is 25.7 Å². The predicted octanol–water partition coefficient (Wildman–Crippen LogP) is 2.66. The summed E-state index contributed by atoms with van der Waals surface area (Å²) in [6, 6.07) is 4.29. The molecule has 5 nitrogen and oxygen atoms in total. The zero-order valence-corrected chi connectivity index (χ0v) is 11.0. The number of amides is 2. The Bertz CT molecular complexity index is 449. The van der Waals surface area contributed by atoms with E-state index in [4.69, 9.17) is 11.6 Å². The van der Waals surface area contributed by atoms with Gasteiger partial charge >= 0.3 is 12.0 Å². The van der Waals surface area contributed by atoms with E-state index in [0.717, 1.165) is 6.42 Å². The van der Waals surface area contributed by atoms with Gasteiger partial charge in [0.2, 0.25) is 0 Å². The van der Waals surface area contributed by atoms with E-state index in [-0.39, 0.29) is 16.6 Å². The van der Waals surface area contributed by atoms with Crippen LogP contribution in [0.25, 0.3) is 0 Å². The van der Waals surface area contributed by atoms with Crippen LogP contribution >= 0.6 is 11.6 Å². The number of rotatable bonds is 4. The molecule has 0 radical (unpaired) electrons. The van der Waals surface area contributed by atoms with Crippen molar-refractivity contribution >= 4 is 29.3 Å². The highest BCUT2D eigenvalue weighted by atomic mass is 35.5. The van der Waals surface area contributed by atoms with Crippen LogP contribution in [0, 0.1) is 0 Å². The number of halogens is 1. The van der Waals surface area contributed by atoms with Gasteiger partial charge in [0.1, 0.15) is 0 Å². The van der Waals surface area contributed by atoms with Crippen LogP contribution in [0.1, 0.15) is 23.7 Å². The lowest BCUT2D eigenvalue weighted by molar-refractivity contribution is 0.0601. The molecule has 1 rings (SSSR count). The largest absolute Gasteiger partial charge is 0.465 e. The maximum absolute atomic E-state index is 11.4. The Morgan fingerprint density at radius 1 is 1.39 bits per heavy atom. The fourth-order valence-corrected chi connectivity index (χ4v) is 1.48. The first-order valence-corrected chi connectivity index (χ1v) is 5.89. The molecule has 2 amide bonds. The van der Waals surface area contributed by atoms with Crippen LogP contribution in [0.5, 0.6) is 0 Å². The highest BCUT2D eigenvalue weighted by Gasteiger charge is 2.12. The summed E-state index contributed by atoms with van der Waals surface area (Å²) < 4.78 is 4.59. The molecular formula is C12H15ClN2O3. The Morgan fingerprint density at radius 3 is 2.72 bits per heavy atom. The Labute approximate surface area is 110 Å². The van der Waals surface area contributed by atoms with E-state index < -0.39 is 5.97 Å². The molecule has 2 N–H and O–H groups in total. The third kappa shape index (κ3) is 3.92. The van der Waals surface area contributed by atoms with Crippen molar-refractivity contribution < 1.29 is 14.3 Å². The number of methoxy groups -OCH3 is 1. The van der Waals surface area contributed by atoms with Gasteiger partial charge in [0, 0.05) is 12.2 Å². The quantitative estimate of drug-likeness (QED) is 0.827. The van der Waals surface area contributed by atoms with Crippen LogP contribution in [0.4, 0.5) is 10.5 Å². The molecule has 0 aliphatic carbocycles. The van der Waals surface area contributed by atoms with E-state index in [1.54, 1.807) is 6.07 Å². The molecule has 0 aliphatic rings. The van der Waals surface area contributed by atoms with E-state index in [0.29, 0.717) is 12.2 Å². The van der Waals surface area contributed by atoms with Gasteiger partial charge in [0.05, 0.1) is 17.7 Å². The lowest BCUT2D eigenvalue weighted by Gasteiger charge is -2.08. The number of hydrogen-bond donors (Lipinski definition) is 2. The second kappa shape index (κ2) is 6.86. The highest BCUT2D eigenvalue weighted by Crippen LogP contribution is 2.21. The lowest BCUT2D eigenvalue weighted by atomic mass is 10.2. The number of ether oxygens (including phenoxy) is 1. The van der Waals surface area contributed by atoms with Crippen molar-refractivity contribution in [3.05, 3.63) is 28.8 Å². The summed E-state index contributed by atoms with van der Waals surface area (Å²) in [7, 11) is 1.27. The Hall–Kier alpha value is -1.75. The first-order chi connectivity index (χ1) is 8.58. The third-order valence-electron chi connectivity index (χ3n) is 2.17. The lowest BCUT2D eigenvalue weighted by Crippen LogP contribution is -2.29. The minimum atomic E-state index is -0.544. The number of urea groups is 1.